The molecule has 2 aromatic heterocycles. The van der Waals surface area contributed by atoms with Crippen LogP contribution in [0.15, 0.2) is 54.7 Å². The molecule has 0 unspecified atom stereocenters. The lowest BCUT2D eigenvalue weighted by Gasteiger charge is -2.29. The monoisotopic (exact) mass is 463 g/mol. The van der Waals surface area contributed by atoms with E-state index in [0.29, 0.717) is 10.8 Å². The third-order valence-corrected chi connectivity index (χ3v) is 6.50. The van der Waals surface area contributed by atoms with Crippen LogP contribution in [0.3, 0.4) is 0 Å². The summed E-state index contributed by atoms with van der Waals surface area (Å²) in [6.45, 7) is 5.67. The maximum Gasteiger partial charge on any atom is 0.337 e. The van der Waals surface area contributed by atoms with Crippen LogP contribution in [-0.2, 0) is 0 Å². The molecule has 1 aliphatic heterocycles. The van der Waals surface area contributed by atoms with Crippen molar-refractivity contribution in [1.29, 1.82) is 0 Å². The number of carboxylic acid groups (broad SMARTS) is 1. The smallest absolute Gasteiger partial charge is 0.337 e. The van der Waals surface area contributed by atoms with E-state index in [2.05, 4.69) is 26.2 Å². The molecule has 33 heavy (non-hydrogen) atoms. The SMILES string of the molecule is Cc1cc([C@@H]2[C@@H](c3ccccn3)NC(=S)N2CCN(C)C)c(C)n1-c1ccccc1C(=O)O. The molecule has 0 aliphatic carbocycles. The lowest BCUT2D eigenvalue weighted by atomic mass is 9.96. The van der Waals surface area contributed by atoms with Gasteiger partial charge in [-0.05, 0) is 76.1 Å². The summed E-state index contributed by atoms with van der Waals surface area (Å²) in [6.07, 6.45) is 1.80. The maximum atomic E-state index is 11.9. The number of pyridine rings is 1. The number of carbonyl (C=O) groups is 1. The molecule has 2 N–H and O–H groups in total. The molecule has 1 fully saturated rings. The van der Waals surface area contributed by atoms with E-state index in [1.165, 1.54) is 0 Å². The van der Waals surface area contributed by atoms with E-state index in [9.17, 15) is 9.90 Å². The first-order valence-corrected chi connectivity index (χ1v) is 11.3. The third kappa shape index (κ3) is 4.36. The summed E-state index contributed by atoms with van der Waals surface area (Å²) in [6, 6.07) is 15.0. The van der Waals surface area contributed by atoms with Gasteiger partial charge in [0.1, 0.15) is 0 Å². The average molecular weight is 464 g/mol. The number of nitrogens with one attached hydrogen (secondary N) is 1. The molecule has 1 aliphatic rings. The molecule has 0 saturated carbocycles. The number of aryl methyl sites for hydroxylation is 1. The van der Waals surface area contributed by atoms with Crippen LogP contribution >= 0.6 is 12.2 Å². The van der Waals surface area contributed by atoms with Gasteiger partial charge in [0.15, 0.2) is 5.11 Å². The zero-order chi connectivity index (χ0) is 23.7. The predicted octanol–water partition coefficient (Wildman–Crippen LogP) is 3.72. The van der Waals surface area contributed by atoms with Gasteiger partial charge >= 0.3 is 5.97 Å². The Hall–Kier alpha value is -3.23. The van der Waals surface area contributed by atoms with Crippen molar-refractivity contribution in [2.75, 3.05) is 27.2 Å². The number of likely N-dealkylation sites (N-methyl/N-ethyl adjacent to an activating group) is 1. The van der Waals surface area contributed by atoms with Crippen LogP contribution in [0.1, 0.15) is 45.1 Å². The van der Waals surface area contributed by atoms with Gasteiger partial charge in [0, 0.05) is 30.7 Å². The van der Waals surface area contributed by atoms with Gasteiger partial charge in [-0.3, -0.25) is 4.98 Å². The van der Waals surface area contributed by atoms with Gasteiger partial charge < -0.3 is 24.8 Å². The highest BCUT2D eigenvalue weighted by Gasteiger charge is 2.41. The first-order chi connectivity index (χ1) is 15.8. The Morgan fingerprint density at radius 2 is 1.91 bits per heavy atom. The van der Waals surface area contributed by atoms with Gasteiger partial charge in [-0.1, -0.05) is 18.2 Å². The van der Waals surface area contributed by atoms with Gasteiger partial charge in [-0.25, -0.2) is 4.79 Å². The fraction of sp³-hybridized carbons (Fsp3) is 0.320. The highest BCUT2D eigenvalue weighted by atomic mass is 32.1. The molecular formula is C25H29N5O2S. The molecule has 8 heteroatoms. The zero-order valence-corrected chi connectivity index (χ0v) is 20.1. The average Bonchev–Trinajstić information content (AvgIpc) is 3.27. The molecular weight excluding hydrogens is 434 g/mol. The molecule has 0 amide bonds. The zero-order valence-electron chi connectivity index (χ0n) is 19.3. The minimum Gasteiger partial charge on any atom is -0.478 e. The van der Waals surface area contributed by atoms with Crippen molar-refractivity contribution in [3.63, 3.8) is 0 Å². The van der Waals surface area contributed by atoms with Gasteiger partial charge in [0.2, 0.25) is 0 Å². The van der Waals surface area contributed by atoms with Crippen LogP contribution in [0.5, 0.6) is 0 Å². The molecule has 1 saturated heterocycles. The summed E-state index contributed by atoms with van der Waals surface area (Å²) >= 11 is 5.76. The molecule has 1 aromatic carbocycles. The van der Waals surface area contributed by atoms with Crippen molar-refractivity contribution in [3.8, 4) is 5.69 Å². The molecule has 3 aromatic rings. The van der Waals surface area contributed by atoms with Gasteiger partial charge in [0.05, 0.1) is 29.0 Å². The van der Waals surface area contributed by atoms with Crippen LogP contribution in [0.25, 0.3) is 5.69 Å². The van der Waals surface area contributed by atoms with Crippen molar-refractivity contribution >= 4 is 23.3 Å². The van der Waals surface area contributed by atoms with Crippen molar-refractivity contribution in [1.82, 2.24) is 24.7 Å². The fourth-order valence-corrected chi connectivity index (χ4v) is 4.93. The second-order valence-electron chi connectivity index (χ2n) is 8.61. The van der Waals surface area contributed by atoms with Gasteiger partial charge in [-0.15, -0.1) is 0 Å². The Morgan fingerprint density at radius 3 is 2.58 bits per heavy atom. The van der Waals surface area contributed by atoms with Crippen LogP contribution in [0.2, 0.25) is 0 Å². The number of nitrogens with zero attached hydrogens (tertiary/aromatic N) is 4. The number of aromatic carboxylic acids is 1. The summed E-state index contributed by atoms with van der Waals surface area (Å²) in [5.41, 5.74) is 4.93. The molecule has 3 heterocycles. The first-order valence-electron chi connectivity index (χ1n) is 10.9. The Labute approximate surface area is 199 Å². The second-order valence-corrected chi connectivity index (χ2v) is 8.99. The minimum atomic E-state index is -0.942. The lowest BCUT2D eigenvalue weighted by Crippen LogP contribution is -2.35. The maximum absolute atomic E-state index is 11.9. The molecule has 0 bridgehead atoms. The Morgan fingerprint density at radius 1 is 1.18 bits per heavy atom. The van der Waals surface area contributed by atoms with Gasteiger partial charge in [0.25, 0.3) is 0 Å². The number of benzene rings is 1. The van der Waals surface area contributed by atoms with E-state index in [0.717, 1.165) is 35.7 Å². The van der Waals surface area contributed by atoms with Crippen molar-refractivity contribution in [3.05, 3.63) is 82.9 Å². The van der Waals surface area contributed by atoms with Crippen molar-refractivity contribution < 1.29 is 9.90 Å². The molecule has 0 radical (unpaired) electrons. The summed E-state index contributed by atoms with van der Waals surface area (Å²) in [4.78, 5) is 20.9. The number of hydrogen-bond donors (Lipinski definition) is 2. The number of rotatable bonds is 7. The molecule has 2 atom stereocenters. The number of aromatic nitrogens is 2. The summed E-state index contributed by atoms with van der Waals surface area (Å²) in [5.74, 6) is -0.942. The van der Waals surface area contributed by atoms with Crippen LogP contribution in [-0.4, -0.2) is 62.7 Å². The van der Waals surface area contributed by atoms with E-state index in [-0.39, 0.29) is 17.6 Å². The lowest BCUT2D eigenvalue weighted by molar-refractivity contribution is 0.0697. The minimum absolute atomic E-state index is 0.0655. The highest BCUT2D eigenvalue weighted by molar-refractivity contribution is 7.80. The Kier molecular flexibility index (Phi) is 6.49. The fourth-order valence-electron chi connectivity index (χ4n) is 4.60. The van der Waals surface area contributed by atoms with E-state index in [4.69, 9.17) is 12.2 Å². The number of carboxylic acids is 1. The predicted molar refractivity (Wildman–Crippen MR) is 133 cm³/mol. The molecule has 0 spiro atoms. The molecule has 4 rings (SSSR count). The van der Waals surface area contributed by atoms with Gasteiger partial charge in [-0.2, -0.15) is 0 Å². The van der Waals surface area contributed by atoms with E-state index < -0.39 is 5.97 Å². The second kappa shape index (κ2) is 9.33. The summed E-state index contributed by atoms with van der Waals surface area (Å²) in [5, 5.41) is 13.9. The number of para-hydroxylation sites is 1. The number of thiocarbonyl (C=S) groups is 1. The summed E-state index contributed by atoms with van der Waals surface area (Å²) < 4.78 is 2.03. The van der Waals surface area contributed by atoms with E-state index in [1.807, 2.05) is 62.8 Å². The van der Waals surface area contributed by atoms with E-state index in [1.54, 1.807) is 18.3 Å². The Bertz CT molecular complexity index is 1170. The highest BCUT2D eigenvalue weighted by Crippen LogP contribution is 2.41. The number of hydrogen-bond acceptors (Lipinski definition) is 4. The van der Waals surface area contributed by atoms with Crippen molar-refractivity contribution in [2.45, 2.75) is 25.9 Å². The van der Waals surface area contributed by atoms with Crippen molar-refractivity contribution in [2.24, 2.45) is 0 Å². The normalized spacial score (nSPS) is 18.1. The summed E-state index contributed by atoms with van der Waals surface area (Å²) in [7, 11) is 4.10. The third-order valence-electron chi connectivity index (χ3n) is 6.15. The van der Waals surface area contributed by atoms with E-state index >= 15 is 0 Å². The van der Waals surface area contributed by atoms with Crippen LogP contribution in [0, 0.1) is 13.8 Å². The largest absolute Gasteiger partial charge is 0.478 e. The first kappa shape index (κ1) is 22.9. The van der Waals surface area contributed by atoms with Crippen LogP contribution in [0.4, 0.5) is 0 Å². The Balaban J connectivity index is 1.84. The topological polar surface area (TPSA) is 73.6 Å². The standard InChI is InChI=1S/C25H29N5O2S/c1-16-15-19(17(2)30(16)21-11-6-5-9-18(21)24(31)32)23-22(20-10-7-8-12-26-20)27-25(33)29(23)14-13-28(3)4/h5-12,15,22-23H,13-14H2,1-4H3,(H,27,33)(H,31,32)/t22-,23-/m1/s1. The molecule has 7 nitrogen and oxygen atoms in total. The van der Waals surface area contributed by atoms with Crippen LogP contribution < -0.4 is 5.32 Å². The molecule has 172 valence electrons. The quantitative estimate of drug-likeness (QED) is 0.517.